The quantitative estimate of drug-likeness (QED) is 0.127. The predicted octanol–water partition coefficient (Wildman–Crippen LogP) is 10.6. The van der Waals surface area contributed by atoms with Crippen LogP contribution in [0.5, 0.6) is 0 Å². The zero-order valence-electron chi connectivity index (χ0n) is 25.2. The van der Waals surface area contributed by atoms with Gasteiger partial charge in [0.05, 0.1) is 0 Å². The second kappa shape index (κ2) is 23.3. The smallest absolute Gasteiger partial charge is 0.0205 e. The van der Waals surface area contributed by atoms with Crippen LogP contribution in [0.2, 0.25) is 0 Å². The van der Waals surface area contributed by atoms with E-state index in [2.05, 4.69) is 73.0 Å². The summed E-state index contributed by atoms with van der Waals surface area (Å²) in [6, 6.07) is 18.2. The highest BCUT2D eigenvalue weighted by Gasteiger charge is 2.00. The normalized spacial score (nSPS) is 11.3. The van der Waals surface area contributed by atoms with Gasteiger partial charge >= 0.3 is 0 Å². The molecule has 0 fully saturated rings. The second-order valence-corrected chi connectivity index (χ2v) is 11.4. The van der Waals surface area contributed by atoms with E-state index in [1.807, 2.05) is 0 Å². The SMILES string of the molecule is CCCCCCCCCCCNCc1ccc(-c2ccc(CNCCCCCCCCCCC)cc2)cc1. The summed E-state index contributed by atoms with van der Waals surface area (Å²) < 4.78 is 0. The minimum atomic E-state index is 0.973. The summed E-state index contributed by atoms with van der Waals surface area (Å²) in [5, 5.41) is 7.26. The first-order chi connectivity index (χ1) is 18.8. The third-order valence-corrected chi connectivity index (χ3v) is 7.81. The van der Waals surface area contributed by atoms with Crippen molar-refractivity contribution in [1.82, 2.24) is 10.6 Å². The Morgan fingerprint density at radius 1 is 0.368 bits per heavy atom. The Labute approximate surface area is 236 Å². The highest BCUT2D eigenvalue weighted by Crippen LogP contribution is 2.20. The van der Waals surface area contributed by atoms with Gasteiger partial charge in [0.25, 0.3) is 0 Å². The van der Waals surface area contributed by atoms with Gasteiger partial charge in [-0.2, -0.15) is 0 Å². The van der Waals surface area contributed by atoms with Crippen molar-refractivity contribution >= 4 is 0 Å². The number of unbranched alkanes of at least 4 members (excludes halogenated alkanes) is 16. The van der Waals surface area contributed by atoms with Crippen molar-refractivity contribution in [2.45, 2.75) is 143 Å². The highest BCUT2D eigenvalue weighted by atomic mass is 14.8. The van der Waals surface area contributed by atoms with Crippen LogP contribution >= 0.6 is 0 Å². The van der Waals surface area contributed by atoms with Crippen molar-refractivity contribution in [3.05, 3.63) is 59.7 Å². The van der Waals surface area contributed by atoms with Crippen LogP contribution in [0, 0.1) is 0 Å². The number of hydrogen-bond donors (Lipinski definition) is 2. The lowest BCUT2D eigenvalue weighted by molar-refractivity contribution is 0.549. The van der Waals surface area contributed by atoms with E-state index in [1.165, 1.54) is 138 Å². The summed E-state index contributed by atoms with van der Waals surface area (Å²) in [7, 11) is 0. The van der Waals surface area contributed by atoms with Crippen LogP contribution in [-0.2, 0) is 13.1 Å². The molecule has 2 rings (SSSR count). The third-order valence-electron chi connectivity index (χ3n) is 7.81. The van der Waals surface area contributed by atoms with Gasteiger partial charge in [0.1, 0.15) is 0 Å². The van der Waals surface area contributed by atoms with Gasteiger partial charge < -0.3 is 10.6 Å². The molecule has 0 aliphatic heterocycles. The molecule has 0 saturated carbocycles. The Hall–Kier alpha value is -1.64. The molecule has 0 saturated heterocycles. The molecule has 2 nitrogen and oxygen atoms in total. The Kier molecular flexibility index (Phi) is 19.9. The van der Waals surface area contributed by atoms with Gasteiger partial charge in [-0.15, -0.1) is 0 Å². The van der Waals surface area contributed by atoms with E-state index < -0.39 is 0 Å². The van der Waals surface area contributed by atoms with Crippen molar-refractivity contribution in [2.24, 2.45) is 0 Å². The molecular formula is C36H60N2. The average Bonchev–Trinajstić information content (AvgIpc) is 2.95. The van der Waals surface area contributed by atoms with Crippen LogP contribution in [0.3, 0.4) is 0 Å². The fourth-order valence-corrected chi connectivity index (χ4v) is 5.22. The van der Waals surface area contributed by atoms with E-state index >= 15 is 0 Å². The molecule has 0 atom stereocenters. The van der Waals surface area contributed by atoms with E-state index in [9.17, 15) is 0 Å². The first-order valence-electron chi connectivity index (χ1n) is 16.4. The molecule has 0 spiro atoms. The van der Waals surface area contributed by atoms with Crippen molar-refractivity contribution in [3.8, 4) is 11.1 Å². The molecule has 2 heteroatoms. The average molecular weight is 521 g/mol. The van der Waals surface area contributed by atoms with Gasteiger partial charge in [-0.3, -0.25) is 0 Å². The van der Waals surface area contributed by atoms with E-state index in [0.717, 1.165) is 26.2 Å². The third kappa shape index (κ3) is 16.4. The molecule has 214 valence electrons. The van der Waals surface area contributed by atoms with Crippen molar-refractivity contribution in [2.75, 3.05) is 13.1 Å². The fourth-order valence-electron chi connectivity index (χ4n) is 5.22. The van der Waals surface area contributed by atoms with E-state index in [1.54, 1.807) is 0 Å². The van der Waals surface area contributed by atoms with Crippen molar-refractivity contribution < 1.29 is 0 Å². The number of nitrogens with one attached hydrogen (secondary N) is 2. The molecule has 0 aliphatic carbocycles. The maximum Gasteiger partial charge on any atom is 0.0205 e. The molecule has 0 unspecified atom stereocenters. The first kappa shape index (κ1) is 32.6. The minimum Gasteiger partial charge on any atom is -0.313 e. The lowest BCUT2D eigenvalue weighted by Gasteiger charge is -2.08. The number of hydrogen-bond acceptors (Lipinski definition) is 2. The molecule has 2 N–H and O–H groups in total. The standard InChI is InChI=1S/C36H60N2/c1-3-5-7-9-11-13-15-17-19-29-37-31-33-21-25-35(26-22-33)36-27-23-34(24-28-36)32-38-30-20-18-16-14-12-10-8-6-4-2/h21-28,37-38H,3-20,29-32H2,1-2H3. The van der Waals surface area contributed by atoms with E-state index in [0.29, 0.717) is 0 Å². The minimum absolute atomic E-state index is 0.973. The summed E-state index contributed by atoms with van der Waals surface area (Å²) in [5.41, 5.74) is 5.37. The van der Waals surface area contributed by atoms with Gasteiger partial charge in [-0.1, -0.05) is 165 Å². The van der Waals surface area contributed by atoms with Crippen LogP contribution in [-0.4, -0.2) is 13.1 Å². The largest absolute Gasteiger partial charge is 0.313 e. The Morgan fingerprint density at radius 2 is 0.658 bits per heavy atom. The monoisotopic (exact) mass is 520 g/mol. The molecule has 2 aromatic rings. The molecule has 0 aliphatic rings. The van der Waals surface area contributed by atoms with Crippen LogP contribution in [0.15, 0.2) is 48.5 Å². The van der Waals surface area contributed by atoms with Crippen LogP contribution in [0.4, 0.5) is 0 Å². The predicted molar refractivity (Wildman–Crippen MR) is 170 cm³/mol. The summed E-state index contributed by atoms with van der Waals surface area (Å²) in [6.45, 7) is 8.79. The zero-order valence-corrected chi connectivity index (χ0v) is 25.2. The van der Waals surface area contributed by atoms with Crippen molar-refractivity contribution in [1.29, 1.82) is 0 Å². The Balaban J connectivity index is 1.50. The van der Waals surface area contributed by atoms with Gasteiger partial charge in [0.15, 0.2) is 0 Å². The molecule has 0 bridgehead atoms. The summed E-state index contributed by atoms with van der Waals surface area (Å²) in [6.07, 6.45) is 25.1. The van der Waals surface area contributed by atoms with Gasteiger partial charge in [0, 0.05) is 13.1 Å². The Morgan fingerprint density at radius 3 is 0.974 bits per heavy atom. The molecule has 0 amide bonds. The molecule has 0 radical (unpaired) electrons. The van der Waals surface area contributed by atoms with Gasteiger partial charge in [-0.25, -0.2) is 0 Å². The second-order valence-electron chi connectivity index (χ2n) is 11.4. The molecular weight excluding hydrogens is 460 g/mol. The van der Waals surface area contributed by atoms with Crippen LogP contribution in [0.1, 0.15) is 141 Å². The summed E-state index contributed by atoms with van der Waals surface area (Å²) in [4.78, 5) is 0. The van der Waals surface area contributed by atoms with Gasteiger partial charge in [-0.05, 0) is 48.2 Å². The van der Waals surface area contributed by atoms with Crippen molar-refractivity contribution in [3.63, 3.8) is 0 Å². The lowest BCUT2D eigenvalue weighted by Crippen LogP contribution is -2.14. The number of rotatable bonds is 25. The van der Waals surface area contributed by atoms with E-state index in [4.69, 9.17) is 0 Å². The van der Waals surface area contributed by atoms with Crippen LogP contribution in [0.25, 0.3) is 11.1 Å². The first-order valence-corrected chi connectivity index (χ1v) is 16.4. The van der Waals surface area contributed by atoms with Gasteiger partial charge in [0.2, 0.25) is 0 Å². The highest BCUT2D eigenvalue weighted by molar-refractivity contribution is 5.63. The molecule has 2 aromatic carbocycles. The molecule has 0 aromatic heterocycles. The van der Waals surface area contributed by atoms with Crippen LogP contribution < -0.4 is 10.6 Å². The molecule has 0 heterocycles. The lowest BCUT2D eigenvalue weighted by atomic mass is 10.0. The summed E-state index contributed by atoms with van der Waals surface area (Å²) >= 11 is 0. The summed E-state index contributed by atoms with van der Waals surface area (Å²) in [5.74, 6) is 0. The van der Waals surface area contributed by atoms with E-state index in [-0.39, 0.29) is 0 Å². The zero-order chi connectivity index (χ0) is 26.9. The number of benzene rings is 2. The maximum absolute atomic E-state index is 3.63. The Bertz CT molecular complexity index is 697. The molecule has 38 heavy (non-hydrogen) atoms. The topological polar surface area (TPSA) is 24.1 Å². The maximum atomic E-state index is 3.63. The fraction of sp³-hybridized carbons (Fsp3) is 0.667.